The van der Waals surface area contributed by atoms with Crippen molar-refractivity contribution in [3.63, 3.8) is 0 Å². The Labute approximate surface area is 179 Å². The predicted molar refractivity (Wildman–Crippen MR) is 122 cm³/mol. The van der Waals surface area contributed by atoms with Gasteiger partial charge in [0.2, 0.25) is 10.0 Å². The molecule has 0 spiro atoms. The average Bonchev–Trinajstić information content (AvgIpc) is 3.06. The summed E-state index contributed by atoms with van der Waals surface area (Å²) in [6.45, 7) is 4.42. The number of nitrogens with zero attached hydrogens (tertiary/aromatic N) is 1. The minimum absolute atomic E-state index is 0.0862. The van der Waals surface area contributed by atoms with Crippen LogP contribution in [0.3, 0.4) is 0 Å². The Morgan fingerprint density at radius 1 is 0.967 bits per heavy atom. The highest BCUT2D eigenvalue weighted by molar-refractivity contribution is 7.89. The molecule has 1 heterocycles. The van der Waals surface area contributed by atoms with Gasteiger partial charge in [0.15, 0.2) is 0 Å². The highest BCUT2D eigenvalue weighted by Crippen LogP contribution is 2.27. The van der Waals surface area contributed by atoms with Gasteiger partial charge < -0.3 is 0 Å². The minimum atomic E-state index is -3.83. The van der Waals surface area contributed by atoms with Crippen molar-refractivity contribution in [2.45, 2.75) is 31.3 Å². The maximum atomic E-state index is 13.3. The SMILES string of the molecule is CCn1c(=O)sc2cc(S(=O)(=O)N[C@@H](c3ccccc3)c3cccc(C)c3)ccc21. The first-order valence-electron chi connectivity index (χ1n) is 9.66. The molecule has 0 fully saturated rings. The molecule has 1 N–H and O–H groups in total. The van der Waals surface area contributed by atoms with Crippen LogP contribution in [0.5, 0.6) is 0 Å². The van der Waals surface area contributed by atoms with Crippen LogP contribution in [0, 0.1) is 6.92 Å². The monoisotopic (exact) mass is 438 g/mol. The molecular weight excluding hydrogens is 416 g/mol. The fourth-order valence-electron chi connectivity index (χ4n) is 3.56. The van der Waals surface area contributed by atoms with E-state index in [1.165, 1.54) is 0 Å². The Hall–Kier alpha value is -2.74. The second-order valence-corrected chi connectivity index (χ2v) is 9.83. The lowest BCUT2D eigenvalue weighted by Crippen LogP contribution is -2.29. The summed E-state index contributed by atoms with van der Waals surface area (Å²) in [7, 11) is -3.83. The zero-order valence-electron chi connectivity index (χ0n) is 16.7. The summed E-state index contributed by atoms with van der Waals surface area (Å²) in [5.74, 6) is 0. The summed E-state index contributed by atoms with van der Waals surface area (Å²) in [5.41, 5.74) is 3.53. The van der Waals surface area contributed by atoms with Gasteiger partial charge in [0.05, 0.1) is 21.2 Å². The fourth-order valence-corrected chi connectivity index (χ4v) is 5.87. The van der Waals surface area contributed by atoms with Crippen molar-refractivity contribution in [3.8, 4) is 0 Å². The van der Waals surface area contributed by atoms with E-state index < -0.39 is 16.1 Å². The van der Waals surface area contributed by atoms with Crippen LogP contribution in [-0.2, 0) is 16.6 Å². The molecule has 1 atom stereocenters. The predicted octanol–water partition coefficient (Wildman–Crippen LogP) is 4.46. The lowest BCUT2D eigenvalue weighted by atomic mass is 9.98. The molecule has 0 aliphatic heterocycles. The molecule has 0 saturated carbocycles. The van der Waals surface area contributed by atoms with Gasteiger partial charge in [0.25, 0.3) is 0 Å². The number of aryl methyl sites for hydroxylation is 2. The Bertz CT molecular complexity index is 1360. The van der Waals surface area contributed by atoms with Crippen LogP contribution in [-0.4, -0.2) is 13.0 Å². The molecule has 4 aromatic rings. The third-order valence-electron chi connectivity index (χ3n) is 5.05. The number of benzene rings is 3. The van der Waals surface area contributed by atoms with Gasteiger partial charge in [-0.25, -0.2) is 8.42 Å². The van der Waals surface area contributed by atoms with Crippen LogP contribution in [0.1, 0.15) is 29.7 Å². The Morgan fingerprint density at radius 3 is 2.40 bits per heavy atom. The Kier molecular flexibility index (Phi) is 5.60. The first kappa shape index (κ1) is 20.5. The molecule has 4 rings (SSSR count). The highest BCUT2D eigenvalue weighted by atomic mass is 32.2. The minimum Gasteiger partial charge on any atom is -0.299 e. The van der Waals surface area contributed by atoms with Gasteiger partial charge in [0, 0.05) is 6.54 Å². The quantitative estimate of drug-likeness (QED) is 0.483. The zero-order chi connectivity index (χ0) is 21.3. The van der Waals surface area contributed by atoms with Crippen LogP contribution in [0.25, 0.3) is 10.2 Å². The van der Waals surface area contributed by atoms with Crippen LogP contribution < -0.4 is 9.60 Å². The Balaban J connectivity index is 1.77. The number of aromatic nitrogens is 1. The van der Waals surface area contributed by atoms with Crippen LogP contribution >= 0.6 is 11.3 Å². The summed E-state index contributed by atoms with van der Waals surface area (Å²) in [4.78, 5) is 12.2. The highest BCUT2D eigenvalue weighted by Gasteiger charge is 2.24. The normalized spacial score (nSPS) is 12.9. The average molecular weight is 439 g/mol. The van der Waals surface area contributed by atoms with Gasteiger partial charge in [-0.3, -0.25) is 9.36 Å². The van der Waals surface area contributed by atoms with Gasteiger partial charge >= 0.3 is 4.87 Å². The van der Waals surface area contributed by atoms with E-state index in [2.05, 4.69) is 4.72 Å². The number of hydrogen-bond donors (Lipinski definition) is 1. The van der Waals surface area contributed by atoms with E-state index in [1.54, 1.807) is 22.8 Å². The summed E-state index contributed by atoms with van der Waals surface area (Å²) in [5, 5.41) is 0. The third kappa shape index (κ3) is 3.96. The Morgan fingerprint density at radius 2 is 1.70 bits per heavy atom. The van der Waals surface area contributed by atoms with Crippen LogP contribution in [0.15, 0.2) is 82.5 Å². The van der Waals surface area contributed by atoms with E-state index >= 15 is 0 Å². The number of nitrogens with one attached hydrogen (secondary N) is 1. The molecule has 5 nitrogen and oxygen atoms in total. The van der Waals surface area contributed by atoms with Crippen molar-refractivity contribution in [1.29, 1.82) is 0 Å². The van der Waals surface area contributed by atoms with Crippen molar-refractivity contribution < 1.29 is 8.42 Å². The molecule has 1 aromatic heterocycles. The van der Waals surface area contributed by atoms with Crippen molar-refractivity contribution in [3.05, 3.63) is 99.2 Å². The number of thiazole rings is 1. The van der Waals surface area contributed by atoms with Crippen molar-refractivity contribution >= 4 is 31.6 Å². The van der Waals surface area contributed by atoms with Crippen LogP contribution in [0.2, 0.25) is 0 Å². The molecule has 0 saturated heterocycles. The molecule has 30 heavy (non-hydrogen) atoms. The topological polar surface area (TPSA) is 68.2 Å². The summed E-state index contributed by atoms with van der Waals surface area (Å²) < 4.78 is 31.7. The summed E-state index contributed by atoms with van der Waals surface area (Å²) in [6.07, 6.45) is 0. The zero-order valence-corrected chi connectivity index (χ0v) is 18.3. The molecule has 154 valence electrons. The van der Waals surface area contributed by atoms with Gasteiger partial charge in [-0.15, -0.1) is 0 Å². The molecule has 0 radical (unpaired) electrons. The fraction of sp³-hybridized carbons (Fsp3) is 0.174. The van der Waals surface area contributed by atoms with Crippen molar-refractivity contribution in [1.82, 2.24) is 9.29 Å². The van der Waals surface area contributed by atoms with Gasteiger partial charge in [-0.05, 0) is 43.2 Å². The molecule has 0 aliphatic rings. The summed E-state index contributed by atoms with van der Waals surface area (Å²) >= 11 is 1.06. The molecule has 3 aromatic carbocycles. The molecule has 7 heteroatoms. The van der Waals surface area contributed by atoms with E-state index in [0.29, 0.717) is 11.2 Å². The van der Waals surface area contributed by atoms with Crippen molar-refractivity contribution in [2.24, 2.45) is 0 Å². The lowest BCUT2D eigenvalue weighted by molar-refractivity contribution is 0.572. The molecule has 0 unspecified atom stereocenters. The second kappa shape index (κ2) is 8.18. The number of sulfonamides is 1. The third-order valence-corrected chi connectivity index (χ3v) is 7.41. The largest absolute Gasteiger partial charge is 0.308 e. The standard InChI is InChI=1S/C23H22N2O3S2/c1-3-25-20-13-12-19(15-21(20)29-23(25)26)30(27,28)24-22(17-9-5-4-6-10-17)18-11-7-8-16(2)14-18/h4-15,22,24H,3H2,1-2H3/t22-/m0/s1. The van der Waals surface area contributed by atoms with Gasteiger partial charge in [-0.1, -0.05) is 71.5 Å². The summed E-state index contributed by atoms with van der Waals surface area (Å²) in [6, 6.07) is 21.6. The van der Waals surface area contributed by atoms with E-state index in [0.717, 1.165) is 33.5 Å². The maximum Gasteiger partial charge on any atom is 0.308 e. The lowest BCUT2D eigenvalue weighted by Gasteiger charge is -2.20. The van der Waals surface area contributed by atoms with E-state index in [-0.39, 0.29) is 9.77 Å². The molecular formula is C23H22N2O3S2. The first-order chi connectivity index (χ1) is 14.4. The molecule has 0 bridgehead atoms. The van der Waals surface area contributed by atoms with E-state index in [4.69, 9.17) is 0 Å². The van der Waals surface area contributed by atoms with E-state index in [1.807, 2.05) is 68.4 Å². The van der Waals surface area contributed by atoms with Gasteiger partial charge in [-0.2, -0.15) is 4.72 Å². The van der Waals surface area contributed by atoms with Gasteiger partial charge in [0.1, 0.15) is 0 Å². The smallest absolute Gasteiger partial charge is 0.299 e. The van der Waals surface area contributed by atoms with E-state index in [9.17, 15) is 13.2 Å². The second-order valence-electron chi connectivity index (χ2n) is 7.12. The number of rotatable bonds is 6. The number of hydrogen-bond acceptors (Lipinski definition) is 4. The first-order valence-corrected chi connectivity index (χ1v) is 12.0. The van der Waals surface area contributed by atoms with Crippen LogP contribution in [0.4, 0.5) is 0 Å². The number of fused-ring (bicyclic) bond motifs is 1. The maximum absolute atomic E-state index is 13.3. The molecule has 0 amide bonds. The molecule has 0 aliphatic carbocycles. The van der Waals surface area contributed by atoms with Crippen molar-refractivity contribution in [2.75, 3.05) is 0 Å².